The fraction of sp³-hybridized carbons (Fsp3) is 0.824. The molecule has 4 saturated carbocycles. The van der Waals surface area contributed by atoms with Crippen LogP contribution in [0.15, 0.2) is 35.5 Å². The zero-order valence-corrected chi connectivity index (χ0v) is 38.6. The van der Waals surface area contributed by atoms with E-state index < -0.39 is 35.4 Å². The molecular weight excluding hydrogens is 756 g/mol. The van der Waals surface area contributed by atoms with Crippen molar-refractivity contribution in [2.45, 2.75) is 157 Å². The lowest BCUT2D eigenvalue weighted by Crippen LogP contribution is -2.68. The minimum atomic E-state index is -1.20. The van der Waals surface area contributed by atoms with Gasteiger partial charge in [-0.2, -0.15) is 0 Å². The number of carbonyl (C=O) groups excluding carboxylic acids is 2. The van der Waals surface area contributed by atoms with Crippen molar-refractivity contribution in [3.8, 4) is 0 Å². The number of allylic oxidation sites excluding steroid dienone is 5. The Balaban J connectivity index is 1.07. The number of carboxylic acid groups (broad SMARTS) is 1. The molecule has 7 aliphatic rings. The molecular formula is C51H79FN2O6. The number of nitrogens with zero attached hydrogens (tertiary/aromatic N) is 1. The number of hydrogen-bond donors (Lipinski definition) is 2. The van der Waals surface area contributed by atoms with Gasteiger partial charge in [0.05, 0.1) is 25.3 Å². The van der Waals surface area contributed by atoms with Crippen molar-refractivity contribution in [2.75, 3.05) is 46.1 Å². The van der Waals surface area contributed by atoms with Crippen molar-refractivity contribution < 1.29 is 33.4 Å². The molecule has 0 amide bonds. The standard InChI is InChI=1S/C51H79FN2O6/c1-10-59-43(57)50(44(58)60-11-2)27-31-54(32-28-50)33-30-53-51-23-16-36(34(3)4)41(51)38-12-13-40-46(7)19-17-37(35-14-21-49(22-15-35,26-29-52)42(55)56)45(5,6)39(46)18-20-48(40,9)47(38,8)24-25-51/h14,17,36,38-41,53H,3,10-13,15-16,18-33H2,1-2,4-9H3,(H,55,56)/t36-,38+,39-,40+,41+,46-,47+,48+,49+,51-/m0/s1. The molecule has 8 nitrogen and oxygen atoms in total. The molecule has 1 saturated heterocycles. The first-order valence-electron chi connectivity index (χ1n) is 24.0. The summed E-state index contributed by atoms with van der Waals surface area (Å²) in [6, 6.07) is 0. The van der Waals surface area contributed by atoms with Gasteiger partial charge in [-0.15, -0.1) is 0 Å². The van der Waals surface area contributed by atoms with Crippen LogP contribution in [0, 0.1) is 62.1 Å². The number of fused-ring (bicyclic) bond motifs is 7. The average molecular weight is 835 g/mol. The van der Waals surface area contributed by atoms with Gasteiger partial charge in [-0.3, -0.25) is 18.8 Å². The lowest BCUT2D eigenvalue weighted by Gasteiger charge is -2.72. The maximum atomic E-state index is 13.5. The van der Waals surface area contributed by atoms with Crippen LogP contribution >= 0.6 is 0 Å². The van der Waals surface area contributed by atoms with E-state index in [-0.39, 0.29) is 46.8 Å². The highest BCUT2D eigenvalue weighted by Crippen LogP contribution is 2.76. The second kappa shape index (κ2) is 16.6. The number of rotatable bonds is 13. The summed E-state index contributed by atoms with van der Waals surface area (Å²) in [5, 5.41) is 14.3. The van der Waals surface area contributed by atoms with Gasteiger partial charge >= 0.3 is 17.9 Å². The second-order valence-electron chi connectivity index (χ2n) is 22.1. The first-order valence-corrected chi connectivity index (χ1v) is 24.0. The van der Waals surface area contributed by atoms with Crippen molar-refractivity contribution in [3.63, 3.8) is 0 Å². The lowest BCUT2D eigenvalue weighted by atomic mass is 9.33. The van der Waals surface area contributed by atoms with Crippen LogP contribution < -0.4 is 5.32 Å². The van der Waals surface area contributed by atoms with Crippen LogP contribution in [0.3, 0.4) is 0 Å². The molecule has 7 rings (SSSR count). The van der Waals surface area contributed by atoms with Gasteiger partial charge in [0.25, 0.3) is 0 Å². The van der Waals surface area contributed by atoms with E-state index in [4.69, 9.17) is 9.47 Å². The first-order chi connectivity index (χ1) is 28.3. The summed E-state index contributed by atoms with van der Waals surface area (Å²) in [6.45, 7) is 26.5. The first kappa shape index (κ1) is 45.5. The molecule has 10 atom stereocenters. The molecule has 0 radical (unpaired) electrons. The molecule has 2 N–H and O–H groups in total. The SMILES string of the molecule is C=C(C)[C@@H]1CC[C@]2(NCCN3CCC(C(=O)OCC)(C(=O)OCC)CC3)CC[C@]3(C)[C@H](CC[C@@H]4[C@@]5(C)CC=C(C6=CC[C@@](CCF)(C(=O)O)CC6)C(C)(C)[C@@H]5CC[C@]43C)[C@@H]12. The van der Waals surface area contributed by atoms with Crippen molar-refractivity contribution in [1.82, 2.24) is 10.2 Å². The molecule has 6 aliphatic carbocycles. The van der Waals surface area contributed by atoms with Crippen molar-refractivity contribution >= 4 is 17.9 Å². The van der Waals surface area contributed by atoms with E-state index in [1.807, 2.05) is 0 Å². The van der Waals surface area contributed by atoms with E-state index >= 15 is 0 Å². The van der Waals surface area contributed by atoms with Gasteiger partial charge in [0.15, 0.2) is 5.41 Å². The smallest absolute Gasteiger partial charge is 0.323 e. The van der Waals surface area contributed by atoms with E-state index in [1.165, 1.54) is 68.1 Å². The summed E-state index contributed by atoms with van der Waals surface area (Å²) >= 11 is 0. The van der Waals surface area contributed by atoms with Gasteiger partial charge in [-0.25, -0.2) is 0 Å². The predicted molar refractivity (Wildman–Crippen MR) is 235 cm³/mol. The normalized spacial score (nSPS) is 40.7. The third kappa shape index (κ3) is 6.99. The maximum absolute atomic E-state index is 13.5. The Kier molecular flexibility index (Phi) is 12.6. The number of carboxylic acids is 1. The van der Waals surface area contributed by atoms with E-state index in [0.29, 0.717) is 68.4 Å². The average Bonchev–Trinajstić information content (AvgIpc) is 3.59. The monoisotopic (exact) mass is 835 g/mol. The highest BCUT2D eigenvalue weighted by molar-refractivity contribution is 6.00. The van der Waals surface area contributed by atoms with Crippen molar-refractivity contribution in [1.29, 1.82) is 0 Å². The predicted octanol–water partition coefficient (Wildman–Crippen LogP) is 10.3. The Morgan fingerprint density at radius 1 is 0.850 bits per heavy atom. The van der Waals surface area contributed by atoms with Crippen LogP contribution in [0.4, 0.5) is 4.39 Å². The number of hydrogen-bond acceptors (Lipinski definition) is 7. The zero-order chi connectivity index (χ0) is 43.5. The highest BCUT2D eigenvalue weighted by atomic mass is 19.1. The van der Waals surface area contributed by atoms with Crippen LogP contribution in [0.25, 0.3) is 0 Å². The highest BCUT2D eigenvalue weighted by Gasteiger charge is 2.70. The summed E-state index contributed by atoms with van der Waals surface area (Å²) < 4.78 is 24.3. The van der Waals surface area contributed by atoms with Gasteiger partial charge < -0.3 is 24.8 Å². The van der Waals surface area contributed by atoms with Gasteiger partial charge in [0.2, 0.25) is 0 Å². The molecule has 1 heterocycles. The molecule has 0 aromatic carbocycles. The van der Waals surface area contributed by atoms with Crippen LogP contribution in [0.2, 0.25) is 0 Å². The molecule has 5 fully saturated rings. The van der Waals surface area contributed by atoms with Crippen LogP contribution in [0.1, 0.15) is 152 Å². The van der Waals surface area contributed by atoms with Crippen LogP contribution in [-0.4, -0.2) is 79.5 Å². The second-order valence-corrected chi connectivity index (χ2v) is 22.1. The minimum absolute atomic E-state index is 0.0170. The molecule has 0 aromatic rings. The summed E-state index contributed by atoms with van der Waals surface area (Å²) in [5.74, 6) is 1.15. The van der Waals surface area contributed by atoms with E-state index in [2.05, 4.69) is 70.5 Å². The molecule has 60 heavy (non-hydrogen) atoms. The molecule has 1 aliphatic heterocycles. The Bertz CT molecular complexity index is 1730. The van der Waals surface area contributed by atoms with Crippen molar-refractivity contribution in [2.24, 2.45) is 62.1 Å². The van der Waals surface area contributed by atoms with Gasteiger partial charge in [0, 0.05) is 18.6 Å². The largest absolute Gasteiger partial charge is 0.481 e. The summed E-state index contributed by atoms with van der Waals surface area (Å²) in [6.07, 6.45) is 18.2. The number of alkyl halides is 1. The molecule has 0 bridgehead atoms. The Morgan fingerprint density at radius 3 is 2.12 bits per heavy atom. The van der Waals surface area contributed by atoms with Crippen LogP contribution in [0.5, 0.6) is 0 Å². The van der Waals surface area contributed by atoms with E-state index in [0.717, 1.165) is 25.9 Å². The number of piperidine rings is 1. The maximum Gasteiger partial charge on any atom is 0.323 e. The number of nitrogens with one attached hydrogen (secondary N) is 1. The zero-order valence-electron chi connectivity index (χ0n) is 38.6. The molecule has 0 spiro atoms. The van der Waals surface area contributed by atoms with E-state index in [9.17, 15) is 23.9 Å². The molecule has 9 heteroatoms. The topological polar surface area (TPSA) is 105 Å². The molecule has 336 valence electrons. The number of halogens is 1. The fourth-order valence-corrected chi connectivity index (χ4v) is 16.1. The van der Waals surface area contributed by atoms with Crippen molar-refractivity contribution in [3.05, 3.63) is 35.5 Å². The van der Waals surface area contributed by atoms with Gasteiger partial charge in [0.1, 0.15) is 0 Å². The number of likely N-dealkylation sites (tertiary alicyclic amines) is 1. The van der Waals surface area contributed by atoms with E-state index in [1.54, 1.807) is 13.8 Å². The molecule has 0 unspecified atom stereocenters. The minimum Gasteiger partial charge on any atom is -0.481 e. The Morgan fingerprint density at radius 2 is 1.53 bits per heavy atom. The van der Waals surface area contributed by atoms with Crippen LogP contribution in [-0.2, 0) is 23.9 Å². The number of esters is 2. The number of ether oxygens (including phenoxy) is 2. The van der Waals surface area contributed by atoms with Gasteiger partial charge in [-0.1, -0.05) is 58.9 Å². The number of carbonyl (C=O) groups is 3. The summed E-state index contributed by atoms with van der Waals surface area (Å²) in [7, 11) is 0. The fourth-order valence-electron chi connectivity index (χ4n) is 16.1. The van der Waals surface area contributed by atoms with Gasteiger partial charge in [-0.05, 0) is 193 Å². The Hall–Kier alpha value is -2.52. The third-order valence-electron chi connectivity index (χ3n) is 19.6. The lowest BCUT2D eigenvalue weighted by molar-refractivity contribution is -0.221. The summed E-state index contributed by atoms with van der Waals surface area (Å²) in [4.78, 5) is 40.8. The molecule has 0 aromatic heterocycles. The Labute approximate surface area is 361 Å². The number of aliphatic carboxylic acids is 1. The summed E-state index contributed by atoms with van der Waals surface area (Å²) in [5.41, 5.74) is 2.63. The quantitative estimate of drug-likeness (QED) is 0.107. The third-order valence-corrected chi connectivity index (χ3v) is 19.6.